The van der Waals surface area contributed by atoms with Gasteiger partial charge in [0, 0.05) is 25.0 Å². The lowest BCUT2D eigenvalue weighted by molar-refractivity contribution is -0.137. The summed E-state index contributed by atoms with van der Waals surface area (Å²) in [5, 5.41) is 14.2. The summed E-state index contributed by atoms with van der Waals surface area (Å²) < 4.78 is 0. The summed E-state index contributed by atoms with van der Waals surface area (Å²) >= 11 is 0. The van der Waals surface area contributed by atoms with E-state index in [1.807, 2.05) is 19.1 Å². The number of pyridine rings is 1. The van der Waals surface area contributed by atoms with Crippen LogP contribution in [0.1, 0.15) is 31.7 Å². The van der Waals surface area contributed by atoms with Gasteiger partial charge in [0.05, 0.1) is 6.42 Å². The van der Waals surface area contributed by atoms with Crippen LogP contribution in [0.3, 0.4) is 0 Å². The molecule has 0 aliphatic heterocycles. The molecule has 3 N–H and O–H groups in total. The molecule has 1 unspecified atom stereocenters. The van der Waals surface area contributed by atoms with E-state index < -0.39 is 5.97 Å². The zero-order valence-electron chi connectivity index (χ0n) is 11.6. The van der Waals surface area contributed by atoms with Crippen molar-refractivity contribution in [3.63, 3.8) is 0 Å². The lowest BCUT2D eigenvalue weighted by Gasteiger charge is -2.16. The molecule has 20 heavy (non-hydrogen) atoms. The fourth-order valence-electron chi connectivity index (χ4n) is 1.89. The number of amides is 2. The number of hydrogen-bond donors (Lipinski definition) is 3. The molecule has 110 valence electrons. The average molecular weight is 279 g/mol. The number of carbonyl (C=O) groups is 2. The van der Waals surface area contributed by atoms with Crippen molar-refractivity contribution in [3.8, 4) is 0 Å². The average Bonchev–Trinajstić information content (AvgIpc) is 2.39. The third-order valence-electron chi connectivity index (χ3n) is 2.82. The molecule has 0 fully saturated rings. The van der Waals surface area contributed by atoms with E-state index in [0.717, 1.165) is 12.0 Å². The molecule has 0 spiro atoms. The van der Waals surface area contributed by atoms with E-state index in [2.05, 4.69) is 15.6 Å². The van der Waals surface area contributed by atoms with Gasteiger partial charge in [0.15, 0.2) is 0 Å². The van der Waals surface area contributed by atoms with Gasteiger partial charge in [0.2, 0.25) is 0 Å². The maximum Gasteiger partial charge on any atom is 0.315 e. The first-order valence-electron chi connectivity index (χ1n) is 6.77. The topological polar surface area (TPSA) is 91.3 Å². The first-order valence-corrected chi connectivity index (χ1v) is 6.77. The monoisotopic (exact) mass is 279 g/mol. The highest BCUT2D eigenvalue weighted by Crippen LogP contribution is 2.01. The Hall–Kier alpha value is -2.11. The van der Waals surface area contributed by atoms with Gasteiger partial charge in [0.25, 0.3) is 0 Å². The van der Waals surface area contributed by atoms with Crippen molar-refractivity contribution in [2.75, 3.05) is 6.54 Å². The van der Waals surface area contributed by atoms with Crippen molar-refractivity contribution in [1.29, 1.82) is 0 Å². The van der Waals surface area contributed by atoms with Gasteiger partial charge in [-0.25, -0.2) is 4.79 Å². The predicted octanol–water partition coefficient (Wildman–Crippen LogP) is 1.57. The Labute approximate surface area is 118 Å². The quantitative estimate of drug-likeness (QED) is 0.673. The van der Waals surface area contributed by atoms with Crippen molar-refractivity contribution in [2.24, 2.45) is 0 Å². The molecular formula is C14H21N3O3. The van der Waals surface area contributed by atoms with Crippen LogP contribution < -0.4 is 10.6 Å². The van der Waals surface area contributed by atoms with Crippen LogP contribution in [-0.4, -0.2) is 34.7 Å². The zero-order chi connectivity index (χ0) is 14.8. The van der Waals surface area contributed by atoms with Crippen molar-refractivity contribution in [1.82, 2.24) is 15.6 Å². The number of carbonyl (C=O) groups excluding carboxylic acids is 1. The van der Waals surface area contributed by atoms with Gasteiger partial charge < -0.3 is 15.7 Å². The van der Waals surface area contributed by atoms with E-state index in [1.54, 1.807) is 12.4 Å². The van der Waals surface area contributed by atoms with Gasteiger partial charge in [-0.05, 0) is 24.5 Å². The Bertz CT molecular complexity index is 423. The summed E-state index contributed by atoms with van der Waals surface area (Å²) in [7, 11) is 0. The molecule has 1 rings (SSSR count). The van der Waals surface area contributed by atoms with Crippen LogP contribution in [-0.2, 0) is 11.2 Å². The smallest absolute Gasteiger partial charge is 0.315 e. The highest BCUT2D eigenvalue weighted by molar-refractivity contribution is 5.75. The number of aromatic nitrogens is 1. The summed E-state index contributed by atoms with van der Waals surface area (Å²) in [6.45, 7) is 2.44. The molecule has 0 aliphatic carbocycles. The number of carboxylic acid groups (broad SMARTS) is 1. The van der Waals surface area contributed by atoms with Gasteiger partial charge >= 0.3 is 12.0 Å². The zero-order valence-corrected chi connectivity index (χ0v) is 11.6. The summed E-state index contributed by atoms with van der Waals surface area (Å²) in [6, 6.07) is 3.14. The number of hydrogen-bond acceptors (Lipinski definition) is 3. The van der Waals surface area contributed by atoms with E-state index in [0.29, 0.717) is 19.4 Å². The van der Waals surface area contributed by atoms with Crippen molar-refractivity contribution in [2.45, 2.75) is 38.6 Å². The van der Waals surface area contributed by atoms with Crippen LogP contribution in [0.5, 0.6) is 0 Å². The molecule has 2 amide bonds. The summed E-state index contributed by atoms with van der Waals surface area (Å²) in [5.41, 5.74) is 1.04. The Morgan fingerprint density at radius 3 is 2.85 bits per heavy atom. The summed E-state index contributed by atoms with van der Waals surface area (Å²) in [5.74, 6) is -0.904. The normalized spacial score (nSPS) is 11.7. The third-order valence-corrected chi connectivity index (χ3v) is 2.82. The molecule has 6 heteroatoms. The number of rotatable bonds is 8. The minimum Gasteiger partial charge on any atom is -0.481 e. The number of urea groups is 1. The van der Waals surface area contributed by atoms with Gasteiger partial charge in [-0.1, -0.05) is 19.4 Å². The fourth-order valence-corrected chi connectivity index (χ4v) is 1.89. The molecule has 1 heterocycles. The second-order valence-electron chi connectivity index (χ2n) is 4.59. The Kier molecular flexibility index (Phi) is 7.10. The SMILES string of the molecule is CCCC(CC(=O)O)NC(=O)NCCc1cccnc1. The Morgan fingerprint density at radius 2 is 2.25 bits per heavy atom. The first kappa shape index (κ1) is 15.9. The fraction of sp³-hybridized carbons (Fsp3) is 0.500. The van der Waals surface area contributed by atoms with Gasteiger partial charge in [0.1, 0.15) is 0 Å². The van der Waals surface area contributed by atoms with Crippen LogP contribution in [0.25, 0.3) is 0 Å². The third kappa shape index (κ3) is 6.72. The minimum atomic E-state index is -0.904. The Balaban J connectivity index is 2.29. The van der Waals surface area contributed by atoms with Crippen LogP contribution in [0, 0.1) is 0 Å². The van der Waals surface area contributed by atoms with Crippen LogP contribution >= 0.6 is 0 Å². The lowest BCUT2D eigenvalue weighted by atomic mass is 10.1. The number of aliphatic carboxylic acids is 1. The van der Waals surface area contributed by atoms with Gasteiger partial charge in [-0.3, -0.25) is 9.78 Å². The molecule has 6 nitrogen and oxygen atoms in total. The van der Waals surface area contributed by atoms with E-state index >= 15 is 0 Å². The molecule has 0 aliphatic rings. The largest absolute Gasteiger partial charge is 0.481 e. The van der Waals surface area contributed by atoms with Crippen LogP contribution in [0.2, 0.25) is 0 Å². The van der Waals surface area contributed by atoms with Crippen molar-refractivity contribution < 1.29 is 14.7 Å². The molecule has 1 aromatic rings. The molecule has 0 aromatic carbocycles. The van der Waals surface area contributed by atoms with Gasteiger partial charge in [-0.2, -0.15) is 0 Å². The maximum atomic E-state index is 11.7. The van der Waals surface area contributed by atoms with Crippen molar-refractivity contribution in [3.05, 3.63) is 30.1 Å². The maximum absolute atomic E-state index is 11.7. The van der Waals surface area contributed by atoms with Crippen molar-refractivity contribution >= 4 is 12.0 Å². The first-order chi connectivity index (χ1) is 9.61. The molecule has 1 aromatic heterocycles. The van der Waals surface area contributed by atoms with E-state index in [-0.39, 0.29) is 18.5 Å². The van der Waals surface area contributed by atoms with E-state index in [4.69, 9.17) is 5.11 Å². The second kappa shape index (κ2) is 8.90. The Morgan fingerprint density at radius 1 is 1.45 bits per heavy atom. The summed E-state index contributed by atoms with van der Waals surface area (Å²) in [6.07, 6.45) is 5.58. The molecule has 0 radical (unpaired) electrons. The number of nitrogens with one attached hydrogen (secondary N) is 2. The lowest BCUT2D eigenvalue weighted by Crippen LogP contribution is -2.43. The predicted molar refractivity (Wildman–Crippen MR) is 75.4 cm³/mol. The van der Waals surface area contributed by atoms with E-state index in [1.165, 1.54) is 0 Å². The number of nitrogens with zero attached hydrogens (tertiary/aromatic N) is 1. The van der Waals surface area contributed by atoms with E-state index in [9.17, 15) is 9.59 Å². The number of carboxylic acids is 1. The van der Waals surface area contributed by atoms with Gasteiger partial charge in [-0.15, -0.1) is 0 Å². The molecule has 0 bridgehead atoms. The second-order valence-corrected chi connectivity index (χ2v) is 4.59. The van der Waals surface area contributed by atoms with Crippen LogP contribution in [0.15, 0.2) is 24.5 Å². The summed E-state index contributed by atoms with van der Waals surface area (Å²) in [4.78, 5) is 26.3. The highest BCUT2D eigenvalue weighted by Gasteiger charge is 2.14. The molecule has 0 saturated carbocycles. The van der Waals surface area contributed by atoms with Crippen LogP contribution in [0.4, 0.5) is 4.79 Å². The highest BCUT2D eigenvalue weighted by atomic mass is 16.4. The molecule has 0 saturated heterocycles. The standard InChI is InChI=1S/C14H21N3O3/c1-2-4-12(9-13(18)19)17-14(20)16-8-6-11-5-3-7-15-10-11/h3,5,7,10,12H,2,4,6,8-9H2,1H3,(H,18,19)(H2,16,17,20). The molecule has 1 atom stereocenters. The minimum absolute atomic E-state index is 0.0517. The molecular weight excluding hydrogens is 258 g/mol.